The van der Waals surface area contributed by atoms with Crippen LogP contribution in [0.1, 0.15) is 67.6 Å². The van der Waals surface area contributed by atoms with Gasteiger partial charge < -0.3 is 24.8 Å². The quantitative estimate of drug-likeness (QED) is 0.627. The molecular formula is C22H32N4O5. The zero-order chi connectivity index (χ0) is 21.8. The summed E-state index contributed by atoms with van der Waals surface area (Å²) in [4.78, 5) is 39.9. The molecule has 9 nitrogen and oxygen atoms in total. The second-order valence-corrected chi connectivity index (χ2v) is 8.85. The number of likely N-dealkylation sites (tertiary alicyclic amines) is 1. The zero-order valence-electron chi connectivity index (χ0n) is 18.1. The first kappa shape index (κ1) is 21.8. The molecule has 1 aromatic heterocycles. The number of nitrogens with zero attached hydrogens (tertiary/aromatic N) is 2. The van der Waals surface area contributed by atoms with Crippen LogP contribution < -0.4 is 10.6 Å². The van der Waals surface area contributed by atoms with E-state index in [4.69, 9.17) is 9.26 Å². The van der Waals surface area contributed by atoms with Gasteiger partial charge in [0.15, 0.2) is 5.69 Å². The first-order valence-electron chi connectivity index (χ1n) is 11.5. The van der Waals surface area contributed by atoms with Gasteiger partial charge in [-0.05, 0) is 58.0 Å². The molecule has 9 heteroatoms. The summed E-state index contributed by atoms with van der Waals surface area (Å²) >= 11 is 0. The van der Waals surface area contributed by atoms with Crippen LogP contribution >= 0.6 is 0 Å². The maximum absolute atomic E-state index is 12.9. The number of piperidine rings is 2. The van der Waals surface area contributed by atoms with Gasteiger partial charge in [0.25, 0.3) is 5.91 Å². The van der Waals surface area contributed by atoms with Crippen molar-refractivity contribution < 1.29 is 23.6 Å². The molecule has 2 N–H and O–H groups in total. The molecule has 2 aliphatic heterocycles. The second-order valence-electron chi connectivity index (χ2n) is 8.85. The number of hydrogen-bond acceptors (Lipinski definition) is 7. The highest BCUT2D eigenvalue weighted by molar-refractivity contribution is 5.93. The summed E-state index contributed by atoms with van der Waals surface area (Å²) in [5, 5.41) is 10.1. The highest BCUT2D eigenvalue weighted by Gasteiger charge is 2.39. The second kappa shape index (κ2) is 9.80. The van der Waals surface area contributed by atoms with Crippen molar-refractivity contribution in [2.75, 3.05) is 32.8 Å². The van der Waals surface area contributed by atoms with Crippen molar-refractivity contribution in [1.29, 1.82) is 0 Å². The molecular weight excluding hydrogens is 400 g/mol. The molecule has 0 spiro atoms. The number of rotatable bonds is 7. The van der Waals surface area contributed by atoms with Crippen molar-refractivity contribution in [2.24, 2.45) is 11.8 Å². The van der Waals surface area contributed by atoms with Gasteiger partial charge >= 0.3 is 5.97 Å². The van der Waals surface area contributed by atoms with E-state index in [0.717, 1.165) is 44.5 Å². The minimum absolute atomic E-state index is 0.0801. The molecule has 31 heavy (non-hydrogen) atoms. The average Bonchev–Trinajstić information content (AvgIpc) is 3.51. The number of esters is 1. The van der Waals surface area contributed by atoms with Crippen LogP contribution in [-0.4, -0.2) is 66.7 Å². The van der Waals surface area contributed by atoms with E-state index in [-0.39, 0.29) is 36.6 Å². The lowest BCUT2D eigenvalue weighted by Crippen LogP contribution is -2.55. The van der Waals surface area contributed by atoms with Crippen LogP contribution in [0.4, 0.5) is 0 Å². The van der Waals surface area contributed by atoms with Gasteiger partial charge in [-0.2, -0.15) is 0 Å². The van der Waals surface area contributed by atoms with E-state index < -0.39 is 12.0 Å². The van der Waals surface area contributed by atoms with Gasteiger partial charge in [0.05, 0.1) is 12.5 Å². The number of ether oxygens (including phenoxy) is 1. The number of carbonyl (C=O) groups excluding carboxylic acids is 3. The van der Waals surface area contributed by atoms with E-state index in [0.29, 0.717) is 31.2 Å². The van der Waals surface area contributed by atoms with Crippen LogP contribution in [0, 0.1) is 11.8 Å². The third-order valence-electron chi connectivity index (χ3n) is 6.53. The van der Waals surface area contributed by atoms with Crippen LogP contribution in [0.25, 0.3) is 0 Å². The topological polar surface area (TPSA) is 114 Å². The molecule has 1 saturated carbocycles. The number of carbonyl (C=O) groups is 3. The molecule has 3 fully saturated rings. The summed E-state index contributed by atoms with van der Waals surface area (Å²) in [5.41, 5.74) is 0.230. The highest BCUT2D eigenvalue weighted by atomic mass is 16.5. The van der Waals surface area contributed by atoms with Crippen molar-refractivity contribution in [2.45, 2.75) is 57.4 Å². The van der Waals surface area contributed by atoms with Crippen molar-refractivity contribution in [3.05, 3.63) is 17.5 Å². The van der Waals surface area contributed by atoms with E-state index in [1.807, 2.05) is 0 Å². The molecule has 4 rings (SSSR count). The van der Waals surface area contributed by atoms with Gasteiger partial charge in [-0.25, -0.2) is 0 Å². The number of nitrogens with one attached hydrogen (secondary N) is 2. The summed E-state index contributed by atoms with van der Waals surface area (Å²) in [7, 11) is 0. The fourth-order valence-electron chi connectivity index (χ4n) is 4.50. The molecule has 2 saturated heterocycles. The third-order valence-corrected chi connectivity index (χ3v) is 6.53. The van der Waals surface area contributed by atoms with Gasteiger partial charge in [-0.3, -0.25) is 14.4 Å². The Bertz CT molecular complexity index is 800. The minimum Gasteiger partial charge on any atom is -0.466 e. The number of amides is 2. The maximum atomic E-state index is 12.9. The fourth-order valence-corrected chi connectivity index (χ4v) is 4.50. The van der Waals surface area contributed by atoms with Crippen LogP contribution in [0.5, 0.6) is 0 Å². The predicted octanol–water partition coefficient (Wildman–Crippen LogP) is 1.45. The Morgan fingerprint density at radius 3 is 2.71 bits per heavy atom. The Labute approximate surface area is 182 Å². The first-order valence-corrected chi connectivity index (χ1v) is 11.5. The van der Waals surface area contributed by atoms with Crippen molar-refractivity contribution in [1.82, 2.24) is 20.7 Å². The largest absolute Gasteiger partial charge is 0.466 e. The van der Waals surface area contributed by atoms with E-state index >= 15 is 0 Å². The van der Waals surface area contributed by atoms with Gasteiger partial charge in [-0.15, -0.1) is 0 Å². The summed E-state index contributed by atoms with van der Waals surface area (Å²) in [5.74, 6) is 0.248. The Balaban J connectivity index is 1.38. The molecule has 3 aliphatic rings. The van der Waals surface area contributed by atoms with Gasteiger partial charge in [0.1, 0.15) is 5.76 Å². The molecule has 3 heterocycles. The molecule has 0 radical (unpaired) electrons. The number of hydrogen-bond donors (Lipinski definition) is 2. The van der Waals surface area contributed by atoms with Crippen LogP contribution in [0.3, 0.4) is 0 Å². The first-order chi connectivity index (χ1) is 15.0. The molecule has 2 unspecified atom stereocenters. The molecule has 2 amide bonds. The fraction of sp³-hybridized carbons (Fsp3) is 0.727. The van der Waals surface area contributed by atoms with Crippen LogP contribution in [0.2, 0.25) is 0 Å². The van der Waals surface area contributed by atoms with E-state index in [1.165, 1.54) is 0 Å². The van der Waals surface area contributed by atoms with Crippen LogP contribution in [0.15, 0.2) is 10.6 Å². The van der Waals surface area contributed by atoms with Crippen molar-refractivity contribution in [3.8, 4) is 0 Å². The van der Waals surface area contributed by atoms with Crippen molar-refractivity contribution in [3.63, 3.8) is 0 Å². The summed E-state index contributed by atoms with van der Waals surface area (Å²) in [6, 6.07) is 1.28. The SMILES string of the molecule is CCOC(=O)C1CN(C(=O)CC2CCNCC2)CCC1NC(=O)c1cc(C2CC2)on1. The lowest BCUT2D eigenvalue weighted by molar-refractivity contribution is -0.152. The summed E-state index contributed by atoms with van der Waals surface area (Å²) in [6.07, 6.45) is 5.13. The maximum Gasteiger partial charge on any atom is 0.312 e. The molecule has 0 aromatic carbocycles. The Kier molecular flexibility index (Phi) is 6.89. The molecule has 170 valence electrons. The highest BCUT2D eigenvalue weighted by Crippen LogP contribution is 2.40. The van der Waals surface area contributed by atoms with E-state index in [1.54, 1.807) is 17.9 Å². The zero-order valence-corrected chi connectivity index (χ0v) is 18.1. The Morgan fingerprint density at radius 1 is 1.23 bits per heavy atom. The monoisotopic (exact) mass is 432 g/mol. The Hall–Kier alpha value is -2.42. The third kappa shape index (κ3) is 5.44. The lowest BCUT2D eigenvalue weighted by atomic mass is 9.90. The standard InChI is InChI=1S/C22H32N4O5/c1-2-30-22(29)16-13-26(20(27)11-14-5-8-23-9-6-14)10-7-17(16)24-21(28)18-12-19(31-25-18)15-3-4-15/h12,14-17,23H,2-11,13H2,1H3,(H,24,28). The smallest absolute Gasteiger partial charge is 0.312 e. The van der Waals surface area contributed by atoms with Gasteiger partial charge in [0.2, 0.25) is 5.91 Å². The lowest BCUT2D eigenvalue weighted by Gasteiger charge is -2.38. The van der Waals surface area contributed by atoms with E-state index in [9.17, 15) is 14.4 Å². The normalized spacial score (nSPS) is 24.6. The van der Waals surface area contributed by atoms with Crippen molar-refractivity contribution >= 4 is 17.8 Å². The Morgan fingerprint density at radius 2 is 2.00 bits per heavy atom. The summed E-state index contributed by atoms with van der Waals surface area (Å²) in [6.45, 7) is 4.68. The average molecular weight is 433 g/mol. The number of aromatic nitrogens is 1. The minimum atomic E-state index is -0.593. The van der Waals surface area contributed by atoms with Gasteiger partial charge in [0, 0.05) is 37.5 Å². The van der Waals surface area contributed by atoms with Gasteiger partial charge in [-0.1, -0.05) is 5.16 Å². The predicted molar refractivity (Wildman–Crippen MR) is 111 cm³/mol. The molecule has 1 aliphatic carbocycles. The molecule has 0 bridgehead atoms. The van der Waals surface area contributed by atoms with Crippen LogP contribution in [-0.2, 0) is 14.3 Å². The summed E-state index contributed by atoms with van der Waals surface area (Å²) < 4.78 is 10.5. The molecule has 2 atom stereocenters. The van der Waals surface area contributed by atoms with E-state index in [2.05, 4.69) is 15.8 Å². The molecule has 1 aromatic rings.